The Morgan fingerprint density at radius 1 is 1.33 bits per heavy atom. The lowest BCUT2D eigenvalue weighted by Gasteiger charge is -2.12. The van der Waals surface area contributed by atoms with Crippen LogP contribution in [-0.2, 0) is 11.9 Å². The Kier molecular flexibility index (Phi) is 4.18. The van der Waals surface area contributed by atoms with Crippen LogP contribution >= 0.6 is 0 Å². The van der Waals surface area contributed by atoms with Gasteiger partial charge in [-0.3, -0.25) is 9.63 Å². The Balaban J connectivity index is 2.17. The number of fused-ring (bicyclic) bond motifs is 1. The first-order chi connectivity index (χ1) is 11.5. The number of anilines is 2. The summed E-state index contributed by atoms with van der Waals surface area (Å²) in [4.78, 5) is 21.4. The lowest BCUT2D eigenvalue weighted by molar-refractivity contribution is 0.0540. The van der Waals surface area contributed by atoms with E-state index in [9.17, 15) is 9.18 Å². The van der Waals surface area contributed by atoms with Gasteiger partial charge in [0.2, 0.25) is 0 Å². The molecule has 2 N–H and O–H groups in total. The van der Waals surface area contributed by atoms with Gasteiger partial charge in [-0.15, -0.1) is 0 Å². The van der Waals surface area contributed by atoms with E-state index in [0.717, 1.165) is 5.56 Å². The van der Waals surface area contributed by atoms with Crippen molar-refractivity contribution < 1.29 is 14.0 Å². The monoisotopic (exact) mass is 328 g/mol. The summed E-state index contributed by atoms with van der Waals surface area (Å²) in [6.07, 6.45) is 1.64. The number of rotatable bonds is 4. The molecule has 0 bridgehead atoms. The lowest BCUT2D eigenvalue weighted by Crippen LogP contribution is -2.22. The topological polar surface area (TPSA) is 68.2 Å². The van der Waals surface area contributed by atoms with Gasteiger partial charge in [-0.05, 0) is 36.8 Å². The minimum Gasteiger partial charge on any atom is -0.339 e. The van der Waals surface area contributed by atoms with Crippen molar-refractivity contribution >= 4 is 28.4 Å². The summed E-state index contributed by atoms with van der Waals surface area (Å²) in [6.45, 7) is 1.81. The van der Waals surface area contributed by atoms with E-state index in [1.165, 1.54) is 13.2 Å². The van der Waals surface area contributed by atoms with Gasteiger partial charge in [0.05, 0.1) is 18.4 Å². The molecule has 0 aliphatic heterocycles. The molecular weight excluding hydrogens is 311 g/mol. The van der Waals surface area contributed by atoms with Crippen LogP contribution < -0.4 is 10.8 Å². The zero-order valence-corrected chi connectivity index (χ0v) is 13.6. The zero-order valence-electron chi connectivity index (χ0n) is 13.6. The third-order valence-electron chi connectivity index (χ3n) is 3.75. The number of nitrogens with one attached hydrogen (secondary N) is 2. The first kappa shape index (κ1) is 15.9. The molecule has 0 saturated carbocycles. The molecule has 2 heterocycles. The minimum atomic E-state index is -0.439. The summed E-state index contributed by atoms with van der Waals surface area (Å²) < 4.78 is 15.9. The summed E-state index contributed by atoms with van der Waals surface area (Å²) in [5, 5.41) is 3.64. The molecule has 0 unspecified atom stereocenters. The van der Waals surface area contributed by atoms with Crippen LogP contribution in [0.25, 0.3) is 11.0 Å². The SMILES string of the molecule is CONC(=O)c1c(Nc2ccc(C)cc2F)n(C)c2ncccc12. The molecule has 1 aromatic carbocycles. The molecule has 0 spiro atoms. The fourth-order valence-electron chi connectivity index (χ4n) is 2.63. The summed E-state index contributed by atoms with van der Waals surface area (Å²) in [5.74, 6) is -0.404. The normalized spacial score (nSPS) is 10.8. The van der Waals surface area contributed by atoms with E-state index in [-0.39, 0.29) is 5.69 Å². The number of hydroxylamine groups is 1. The van der Waals surface area contributed by atoms with E-state index in [4.69, 9.17) is 4.84 Å². The molecule has 3 aromatic rings. The molecule has 3 rings (SSSR count). The van der Waals surface area contributed by atoms with Gasteiger partial charge in [0.15, 0.2) is 0 Å². The summed E-state index contributed by atoms with van der Waals surface area (Å²) in [7, 11) is 3.11. The van der Waals surface area contributed by atoms with Crippen molar-refractivity contribution in [2.75, 3.05) is 12.4 Å². The molecule has 7 heteroatoms. The second-order valence-electron chi connectivity index (χ2n) is 5.40. The van der Waals surface area contributed by atoms with Gasteiger partial charge >= 0.3 is 0 Å². The summed E-state index contributed by atoms with van der Waals surface area (Å²) in [6, 6.07) is 8.37. The average Bonchev–Trinajstić information content (AvgIpc) is 2.83. The van der Waals surface area contributed by atoms with Gasteiger partial charge in [0.1, 0.15) is 17.3 Å². The van der Waals surface area contributed by atoms with Crippen LogP contribution in [0.4, 0.5) is 15.9 Å². The van der Waals surface area contributed by atoms with Crippen molar-refractivity contribution in [3.63, 3.8) is 0 Å². The van der Waals surface area contributed by atoms with E-state index in [1.54, 1.807) is 42.1 Å². The number of benzene rings is 1. The highest BCUT2D eigenvalue weighted by Crippen LogP contribution is 2.31. The third kappa shape index (κ3) is 2.69. The Hall–Kier alpha value is -2.93. The first-order valence-electron chi connectivity index (χ1n) is 7.33. The Labute approximate surface area is 138 Å². The smallest absolute Gasteiger partial charge is 0.279 e. The number of nitrogens with zero attached hydrogens (tertiary/aromatic N) is 2. The third-order valence-corrected chi connectivity index (χ3v) is 3.75. The number of carbonyl (C=O) groups is 1. The molecule has 2 aromatic heterocycles. The van der Waals surface area contributed by atoms with Crippen LogP contribution in [0.5, 0.6) is 0 Å². The van der Waals surface area contributed by atoms with Gasteiger partial charge in [0.25, 0.3) is 5.91 Å². The van der Waals surface area contributed by atoms with Crippen molar-refractivity contribution in [2.24, 2.45) is 7.05 Å². The fourth-order valence-corrected chi connectivity index (χ4v) is 2.63. The first-order valence-corrected chi connectivity index (χ1v) is 7.33. The maximum atomic E-state index is 14.2. The molecule has 0 aliphatic rings. The van der Waals surface area contributed by atoms with Crippen LogP contribution in [0.2, 0.25) is 0 Å². The Morgan fingerprint density at radius 3 is 2.83 bits per heavy atom. The van der Waals surface area contributed by atoms with E-state index in [1.807, 2.05) is 6.92 Å². The standard InChI is InChI=1S/C17H17FN4O2/c1-10-6-7-13(12(18)9-10)20-16-14(17(23)21-24-3)11-5-4-8-19-15(11)22(16)2/h4-9,20H,1-3H3,(H,21,23). The fraction of sp³-hybridized carbons (Fsp3) is 0.176. The van der Waals surface area contributed by atoms with Crippen LogP contribution in [-0.4, -0.2) is 22.6 Å². The highest BCUT2D eigenvalue weighted by molar-refractivity contribution is 6.11. The number of hydrogen-bond acceptors (Lipinski definition) is 4. The number of amides is 1. The quantitative estimate of drug-likeness (QED) is 0.722. The van der Waals surface area contributed by atoms with Gasteiger partial charge < -0.3 is 9.88 Å². The molecule has 6 nitrogen and oxygen atoms in total. The molecule has 24 heavy (non-hydrogen) atoms. The highest BCUT2D eigenvalue weighted by Gasteiger charge is 2.22. The number of pyridine rings is 1. The number of halogens is 1. The maximum Gasteiger partial charge on any atom is 0.279 e. The van der Waals surface area contributed by atoms with Gasteiger partial charge in [-0.25, -0.2) is 14.9 Å². The van der Waals surface area contributed by atoms with Crippen molar-refractivity contribution in [3.8, 4) is 0 Å². The molecular formula is C17H17FN4O2. The van der Waals surface area contributed by atoms with Crippen molar-refractivity contribution in [1.82, 2.24) is 15.0 Å². The number of carbonyl (C=O) groups excluding carboxylic acids is 1. The van der Waals surface area contributed by atoms with Gasteiger partial charge in [-0.2, -0.15) is 0 Å². The number of hydrogen-bond donors (Lipinski definition) is 2. The maximum absolute atomic E-state index is 14.2. The second kappa shape index (κ2) is 6.29. The predicted molar refractivity (Wildman–Crippen MR) is 89.6 cm³/mol. The van der Waals surface area contributed by atoms with E-state index in [0.29, 0.717) is 22.4 Å². The predicted octanol–water partition coefficient (Wildman–Crippen LogP) is 3.06. The van der Waals surface area contributed by atoms with E-state index >= 15 is 0 Å². The van der Waals surface area contributed by atoms with Crippen molar-refractivity contribution in [3.05, 3.63) is 53.5 Å². The molecule has 0 radical (unpaired) electrons. The van der Waals surface area contributed by atoms with Gasteiger partial charge in [0, 0.05) is 18.6 Å². The minimum absolute atomic E-state index is 0.276. The van der Waals surface area contributed by atoms with Crippen LogP contribution in [0.3, 0.4) is 0 Å². The lowest BCUT2D eigenvalue weighted by atomic mass is 10.2. The Morgan fingerprint density at radius 2 is 2.12 bits per heavy atom. The van der Waals surface area contributed by atoms with Crippen molar-refractivity contribution in [1.29, 1.82) is 0 Å². The molecule has 0 saturated heterocycles. The average molecular weight is 328 g/mol. The van der Waals surface area contributed by atoms with Crippen LogP contribution in [0, 0.1) is 12.7 Å². The highest BCUT2D eigenvalue weighted by atomic mass is 19.1. The van der Waals surface area contributed by atoms with Gasteiger partial charge in [-0.1, -0.05) is 6.07 Å². The molecule has 0 aliphatic carbocycles. The summed E-state index contributed by atoms with van der Waals surface area (Å²) in [5.41, 5.74) is 4.33. The zero-order chi connectivity index (χ0) is 17.3. The second-order valence-corrected chi connectivity index (χ2v) is 5.40. The van der Waals surface area contributed by atoms with E-state index in [2.05, 4.69) is 15.8 Å². The van der Waals surface area contributed by atoms with Crippen molar-refractivity contribution in [2.45, 2.75) is 6.92 Å². The largest absolute Gasteiger partial charge is 0.339 e. The van der Waals surface area contributed by atoms with Crippen LogP contribution in [0.1, 0.15) is 15.9 Å². The molecule has 124 valence electrons. The number of aryl methyl sites for hydroxylation is 2. The number of aromatic nitrogens is 2. The van der Waals surface area contributed by atoms with E-state index < -0.39 is 11.7 Å². The van der Waals surface area contributed by atoms with Crippen LogP contribution in [0.15, 0.2) is 36.5 Å². The molecule has 1 amide bonds. The molecule has 0 atom stereocenters. The summed E-state index contributed by atoms with van der Waals surface area (Å²) >= 11 is 0. The molecule has 0 fully saturated rings. The Bertz CT molecular complexity index is 920.